The minimum atomic E-state index is -0.993. The maximum atomic E-state index is 12.7. The van der Waals surface area contributed by atoms with Crippen LogP contribution in [-0.2, 0) is 4.79 Å². The summed E-state index contributed by atoms with van der Waals surface area (Å²) in [5, 5.41) is 16.9. The summed E-state index contributed by atoms with van der Waals surface area (Å²) in [6, 6.07) is 19.8. The number of nitrogens with zero attached hydrogens (tertiary/aromatic N) is 3. The molecule has 0 spiro atoms. The average Bonchev–Trinajstić information content (AvgIpc) is 3.47. The number of nitrogens with one attached hydrogen (secondary N) is 2. The molecule has 43 heavy (non-hydrogen) atoms. The van der Waals surface area contributed by atoms with Crippen molar-refractivity contribution in [2.24, 2.45) is 5.41 Å². The summed E-state index contributed by atoms with van der Waals surface area (Å²) in [6.45, 7) is 9.51. The second-order valence-electron chi connectivity index (χ2n) is 11.6. The molecular formula is C33H35N5O4S. The number of pyridine rings is 1. The summed E-state index contributed by atoms with van der Waals surface area (Å²) in [5.41, 5.74) is 5.10. The number of hydrogen-bond donors (Lipinski definition) is 3. The molecule has 0 unspecified atom stereocenters. The first-order chi connectivity index (χ1) is 20.4. The van der Waals surface area contributed by atoms with Crippen LogP contribution in [0.3, 0.4) is 0 Å². The lowest BCUT2D eigenvalue weighted by atomic mass is 9.95. The Morgan fingerprint density at radius 3 is 2.42 bits per heavy atom. The van der Waals surface area contributed by atoms with Gasteiger partial charge in [-0.1, -0.05) is 39.0 Å². The summed E-state index contributed by atoms with van der Waals surface area (Å²) < 4.78 is 7.68. The van der Waals surface area contributed by atoms with Crippen LogP contribution in [0.4, 0.5) is 11.4 Å². The zero-order chi connectivity index (χ0) is 31.1. The molecular weight excluding hydrogens is 562 g/mol. The van der Waals surface area contributed by atoms with E-state index in [-0.39, 0.29) is 23.6 Å². The van der Waals surface area contributed by atoms with Crippen molar-refractivity contribution in [2.45, 2.75) is 46.7 Å². The van der Waals surface area contributed by atoms with E-state index in [4.69, 9.17) is 17.0 Å². The molecule has 9 nitrogen and oxygen atoms in total. The van der Waals surface area contributed by atoms with Gasteiger partial charge in [0.1, 0.15) is 5.75 Å². The van der Waals surface area contributed by atoms with Gasteiger partial charge in [-0.3, -0.25) is 9.78 Å². The number of hydrogen-bond acceptors (Lipinski definition) is 5. The molecule has 10 heteroatoms. The zero-order valence-corrected chi connectivity index (χ0v) is 25.8. The van der Waals surface area contributed by atoms with E-state index in [1.165, 1.54) is 0 Å². The standard InChI is InChI=1S/C33H35N5O4S/c1-19-17-23(20(2)37(19)26-13-8-7-11-22(26)30(39)40)29-28(25-12-9-10-16-34-25)36-32(43)38(29)21-14-15-24(27(18-21)42-6)35-31(41)33(3,4)5/h7-18,28-29H,1-6H3,(H,35,41)(H,36,43)(H,39,40)/t28-,29-/m1/s1. The Kier molecular flexibility index (Phi) is 7.98. The lowest BCUT2D eigenvalue weighted by Gasteiger charge is -2.29. The highest BCUT2D eigenvalue weighted by atomic mass is 32.1. The van der Waals surface area contributed by atoms with Crippen molar-refractivity contribution < 1.29 is 19.4 Å². The smallest absolute Gasteiger partial charge is 0.337 e. The SMILES string of the molecule is COc1cc(N2C(=S)N[C@H](c3ccccn3)[C@H]2c2cc(C)n(-c3ccccc3C(=O)O)c2C)ccc1NC(=O)C(C)(C)C. The molecule has 1 aliphatic rings. The number of benzene rings is 2. The number of ether oxygens (including phenoxy) is 1. The third-order valence-electron chi connectivity index (χ3n) is 7.66. The highest BCUT2D eigenvalue weighted by molar-refractivity contribution is 7.80. The molecule has 2 aromatic carbocycles. The average molecular weight is 598 g/mol. The van der Waals surface area contributed by atoms with Gasteiger partial charge in [0.2, 0.25) is 5.91 Å². The number of para-hydroxylation sites is 1. The molecule has 0 aliphatic carbocycles. The van der Waals surface area contributed by atoms with Gasteiger partial charge < -0.3 is 29.9 Å². The van der Waals surface area contributed by atoms with Crippen molar-refractivity contribution in [3.05, 3.63) is 101 Å². The van der Waals surface area contributed by atoms with Crippen molar-refractivity contribution in [1.29, 1.82) is 0 Å². The van der Waals surface area contributed by atoms with Gasteiger partial charge in [0, 0.05) is 34.8 Å². The van der Waals surface area contributed by atoms with E-state index in [9.17, 15) is 14.7 Å². The fourth-order valence-corrected chi connectivity index (χ4v) is 5.85. The highest BCUT2D eigenvalue weighted by Crippen LogP contribution is 2.45. The Labute approximate surface area is 256 Å². The lowest BCUT2D eigenvalue weighted by Crippen LogP contribution is -2.30. The van der Waals surface area contributed by atoms with Crippen LogP contribution in [0.1, 0.15) is 65.9 Å². The minimum Gasteiger partial charge on any atom is -0.494 e. The van der Waals surface area contributed by atoms with E-state index in [1.54, 1.807) is 25.4 Å². The minimum absolute atomic E-state index is 0.126. The monoisotopic (exact) mass is 597 g/mol. The summed E-state index contributed by atoms with van der Waals surface area (Å²) in [7, 11) is 1.56. The van der Waals surface area contributed by atoms with Crippen LogP contribution in [0, 0.1) is 19.3 Å². The second-order valence-corrected chi connectivity index (χ2v) is 12.0. The number of methoxy groups -OCH3 is 1. The van der Waals surface area contributed by atoms with E-state index in [2.05, 4.69) is 21.7 Å². The van der Waals surface area contributed by atoms with Crippen molar-refractivity contribution >= 4 is 40.6 Å². The number of aryl methyl sites for hydroxylation is 1. The molecule has 1 saturated heterocycles. The number of anilines is 2. The largest absolute Gasteiger partial charge is 0.494 e. The van der Waals surface area contributed by atoms with Gasteiger partial charge in [-0.05, 0) is 74.1 Å². The van der Waals surface area contributed by atoms with Crippen molar-refractivity contribution in [2.75, 3.05) is 17.3 Å². The number of amides is 1. The van der Waals surface area contributed by atoms with Gasteiger partial charge >= 0.3 is 5.97 Å². The number of carbonyl (C=O) groups is 2. The van der Waals surface area contributed by atoms with E-state index < -0.39 is 11.4 Å². The van der Waals surface area contributed by atoms with Gasteiger partial charge in [-0.15, -0.1) is 0 Å². The predicted molar refractivity (Wildman–Crippen MR) is 171 cm³/mol. The lowest BCUT2D eigenvalue weighted by molar-refractivity contribution is -0.123. The summed E-state index contributed by atoms with van der Waals surface area (Å²) in [4.78, 5) is 31.5. The molecule has 0 saturated carbocycles. The third-order valence-corrected chi connectivity index (χ3v) is 7.97. The zero-order valence-electron chi connectivity index (χ0n) is 25.0. The van der Waals surface area contributed by atoms with Crippen LogP contribution in [0.5, 0.6) is 5.75 Å². The van der Waals surface area contributed by atoms with Gasteiger partial charge in [0.15, 0.2) is 5.11 Å². The van der Waals surface area contributed by atoms with Crippen LogP contribution in [0.2, 0.25) is 0 Å². The van der Waals surface area contributed by atoms with Gasteiger partial charge in [-0.25, -0.2) is 4.79 Å². The second kappa shape index (κ2) is 11.5. The number of carboxylic acid groups (broad SMARTS) is 1. The van der Waals surface area contributed by atoms with Gasteiger partial charge in [0.05, 0.1) is 41.8 Å². The highest BCUT2D eigenvalue weighted by Gasteiger charge is 2.42. The molecule has 1 amide bonds. The fraction of sp³-hybridized carbons (Fsp3) is 0.273. The molecule has 1 fully saturated rings. The number of rotatable bonds is 7. The Bertz CT molecular complexity index is 1710. The molecule has 5 rings (SSSR count). The van der Waals surface area contributed by atoms with Crippen molar-refractivity contribution in [3.63, 3.8) is 0 Å². The van der Waals surface area contributed by atoms with Gasteiger partial charge in [0.25, 0.3) is 0 Å². The Balaban J connectivity index is 1.65. The topological polar surface area (TPSA) is 109 Å². The predicted octanol–water partition coefficient (Wildman–Crippen LogP) is 6.36. The molecule has 2 atom stereocenters. The third kappa shape index (κ3) is 5.58. The van der Waals surface area contributed by atoms with Crippen LogP contribution in [0.25, 0.3) is 5.69 Å². The summed E-state index contributed by atoms with van der Waals surface area (Å²) in [5.74, 6) is -0.620. The normalized spacial score (nSPS) is 16.6. The van der Waals surface area contributed by atoms with Crippen LogP contribution in [-0.4, -0.2) is 38.8 Å². The number of aromatic nitrogens is 2. The maximum Gasteiger partial charge on any atom is 0.337 e. The summed E-state index contributed by atoms with van der Waals surface area (Å²) in [6.07, 6.45) is 1.75. The van der Waals surface area contributed by atoms with E-state index in [1.807, 2.05) is 92.6 Å². The maximum absolute atomic E-state index is 12.7. The molecule has 1 aliphatic heterocycles. The molecule has 2 aromatic heterocycles. The Morgan fingerprint density at radius 2 is 1.77 bits per heavy atom. The first-order valence-electron chi connectivity index (χ1n) is 13.9. The fourth-order valence-electron chi connectivity index (χ4n) is 5.50. The number of carbonyl (C=O) groups excluding carboxylic acids is 1. The van der Waals surface area contributed by atoms with Crippen LogP contribution < -0.4 is 20.3 Å². The first kappa shape index (κ1) is 29.8. The van der Waals surface area contributed by atoms with Crippen molar-refractivity contribution in [3.8, 4) is 11.4 Å². The number of thiocarbonyl (C=S) groups is 1. The van der Waals surface area contributed by atoms with Crippen LogP contribution in [0.15, 0.2) is 72.9 Å². The molecule has 3 heterocycles. The Morgan fingerprint density at radius 1 is 1.05 bits per heavy atom. The van der Waals surface area contributed by atoms with Crippen molar-refractivity contribution in [1.82, 2.24) is 14.9 Å². The van der Waals surface area contributed by atoms with Crippen LogP contribution >= 0.6 is 12.2 Å². The molecule has 4 aromatic rings. The first-order valence-corrected chi connectivity index (χ1v) is 14.3. The molecule has 222 valence electrons. The van der Waals surface area contributed by atoms with E-state index in [0.717, 1.165) is 28.3 Å². The number of carboxylic acids is 1. The summed E-state index contributed by atoms with van der Waals surface area (Å²) >= 11 is 5.93. The van der Waals surface area contributed by atoms with Gasteiger partial charge in [-0.2, -0.15) is 0 Å². The molecule has 0 radical (unpaired) electrons. The van der Waals surface area contributed by atoms with E-state index in [0.29, 0.717) is 22.2 Å². The molecule has 3 N–H and O–H groups in total. The van der Waals surface area contributed by atoms with E-state index >= 15 is 0 Å². The Hall–Kier alpha value is -4.70. The quantitative estimate of drug-likeness (QED) is 0.211. The molecule has 0 bridgehead atoms. The number of aromatic carboxylic acids is 1.